The molecule has 0 spiro atoms. The zero-order valence-corrected chi connectivity index (χ0v) is 15.4. The lowest BCUT2D eigenvalue weighted by molar-refractivity contribution is -0.147. The molecule has 0 radical (unpaired) electrons. The Hall–Kier alpha value is -2.18. The molecular weight excluding hydrogens is 336 g/mol. The molecule has 0 bridgehead atoms. The van der Waals surface area contributed by atoms with Crippen molar-refractivity contribution in [3.8, 4) is 0 Å². The summed E-state index contributed by atoms with van der Waals surface area (Å²) in [5.74, 6) is -1.57. The van der Waals surface area contributed by atoms with E-state index < -0.39 is 36.2 Å². The molecule has 1 saturated heterocycles. The number of allylic oxidation sites excluding steroid dienone is 1. The molecule has 1 heterocycles. The topological polar surface area (TPSA) is 93.1 Å². The Morgan fingerprint density at radius 1 is 1.42 bits per heavy atom. The van der Waals surface area contributed by atoms with Crippen molar-refractivity contribution in [2.45, 2.75) is 51.9 Å². The number of hydrogen-bond acceptors (Lipinski definition) is 6. The third kappa shape index (κ3) is 4.51. The molecular formula is C20H26O6. The van der Waals surface area contributed by atoms with E-state index in [4.69, 9.17) is 9.47 Å². The fourth-order valence-electron chi connectivity index (χ4n) is 3.22. The van der Waals surface area contributed by atoms with Crippen LogP contribution in [0.3, 0.4) is 0 Å². The van der Waals surface area contributed by atoms with Gasteiger partial charge >= 0.3 is 11.9 Å². The van der Waals surface area contributed by atoms with Crippen LogP contribution in [0.25, 0.3) is 0 Å². The lowest BCUT2D eigenvalue weighted by atomic mass is 9.85. The molecule has 6 nitrogen and oxygen atoms in total. The summed E-state index contributed by atoms with van der Waals surface area (Å²) < 4.78 is 11.0. The van der Waals surface area contributed by atoms with E-state index in [0.717, 1.165) is 5.57 Å². The molecule has 2 aliphatic rings. The van der Waals surface area contributed by atoms with E-state index >= 15 is 0 Å². The van der Waals surface area contributed by atoms with Gasteiger partial charge in [-0.3, -0.25) is 0 Å². The fourth-order valence-corrected chi connectivity index (χ4v) is 3.22. The van der Waals surface area contributed by atoms with Gasteiger partial charge < -0.3 is 19.7 Å². The van der Waals surface area contributed by atoms with Crippen LogP contribution in [0.2, 0.25) is 0 Å². The standard InChI is InChI=1S/C20H26O6/c1-5-12(3)19(23)25-17-9-14(10-21)8-15(22)6-11(2)7-16-18(17)13(4)20(24)26-16/h5,7-8,15-18,21-22H,4,6,9-10H2,1-3H3/b11-7-,12-5-,14-8-/t15-,16+,17+,18-/m0/s1. The molecule has 0 unspecified atom stereocenters. The third-order valence-corrected chi connectivity index (χ3v) is 4.75. The van der Waals surface area contributed by atoms with E-state index in [1.165, 1.54) is 0 Å². The van der Waals surface area contributed by atoms with Crippen LogP contribution in [0.4, 0.5) is 0 Å². The zero-order chi connectivity index (χ0) is 19.4. The molecule has 1 aliphatic carbocycles. The van der Waals surface area contributed by atoms with Crippen molar-refractivity contribution < 1.29 is 29.3 Å². The van der Waals surface area contributed by atoms with Crippen molar-refractivity contribution in [1.29, 1.82) is 0 Å². The van der Waals surface area contributed by atoms with Gasteiger partial charge in [0.2, 0.25) is 0 Å². The highest BCUT2D eigenvalue weighted by Crippen LogP contribution is 2.36. The highest BCUT2D eigenvalue weighted by molar-refractivity contribution is 5.92. The smallest absolute Gasteiger partial charge is 0.334 e. The number of rotatable bonds is 3. The SMILES string of the molecule is C=C1C(=O)O[C@@H]2/C=C(/C)C[C@H](O)/C=C(\CO)C[C@@H](OC(=O)/C(C)=C\C)[C@@H]12. The highest BCUT2D eigenvalue weighted by Gasteiger charge is 2.44. The van der Waals surface area contributed by atoms with Crippen LogP contribution in [0.15, 0.2) is 47.1 Å². The largest absolute Gasteiger partial charge is 0.458 e. The van der Waals surface area contributed by atoms with Crippen molar-refractivity contribution in [1.82, 2.24) is 0 Å². The lowest BCUT2D eigenvalue weighted by Crippen LogP contribution is -2.34. The average Bonchev–Trinajstić information content (AvgIpc) is 2.85. The number of carbonyl (C=O) groups is 2. The minimum Gasteiger partial charge on any atom is -0.458 e. The van der Waals surface area contributed by atoms with Crippen LogP contribution in [-0.4, -0.2) is 47.1 Å². The summed E-state index contributed by atoms with van der Waals surface area (Å²) >= 11 is 0. The Bertz CT molecular complexity index is 684. The maximum atomic E-state index is 12.3. The van der Waals surface area contributed by atoms with Gasteiger partial charge in [0.05, 0.1) is 18.6 Å². The van der Waals surface area contributed by atoms with Crippen LogP contribution in [0, 0.1) is 5.92 Å². The highest BCUT2D eigenvalue weighted by atomic mass is 16.6. The number of ether oxygens (including phenoxy) is 2. The summed E-state index contributed by atoms with van der Waals surface area (Å²) in [7, 11) is 0. The Balaban J connectivity index is 2.45. The summed E-state index contributed by atoms with van der Waals surface area (Å²) in [5.41, 5.74) is 2.05. The van der Waals surface area contributed by atoms with Gasteiger partial charge in [-0.25, -0.2) is 9.59 Å². The maximum Gasteiger partial charge on any atom is 0.334 e. The van der Waals surface area contributed by atoms with Gasteiger partial charge in [-0.1, -0.05) is 24.3 Å². The molecule has 6 heteroatoms. The number of fused-ring (bicyclic) bond motifs is 1. The fraction of sp³-hybridized carbons (Fsp3) is 0.500. The van der Waals surface area contributed by atoms with E-state index in [1.54, 1.807) is 32.1 Å². The van der Waals surface area contributed by atoms with E-state index in [9.17, 15) is 19.8 Å². The molecule has 0 aromatic heterocycles. The number of aliphatic hydroxyl groups is 2. The normalized spacial score (nSPS) is 34.1. The molecule has 2 N–H and O–H groups in total. The summed E-state index contributed by atoms with van der Waals surface area (Å²) in [6.07, 6.45) is 3.38. The summed E-state index contributed by atoms with van der Waals surface area (Å²) in [4.78, 5) is 24.4. The first kappa shape index (κ1) is 20.1. The van der Waals surface area contributed by atoms with Crippen LogP contribution in [0.5, 0.6) is 0 Å². The predicted octanol–water partition coefficient (Wildman–Crippen LogP) is 1.98. The number of aliphatic hydroxyl groups excluding tert-OH is 2. The minimum atomic E-state index is -0.779. The van der Waals surface area contributed by atoms with Gasteiger partial charge in [-0.2, -0.15) is 0 Å². The van der Waals surface area contributed by atoms with Crippen LogP contribution in [-0.2, 0) is 19.1 Å². The lowest BCUT2D eigenvalue weighted by Gasteiger charge is -2.28. The maximum absolute atomic E-state index is 12.3. The second-order valence-corrected chi connectivity index (χ2v) is 6.81. The Morgan fingerprint density at radius 2 is 2.12 bits per heavy atom. The molecule has 1 aliphatic heterocycles. The summed E-state index contributed by atoms with van der Waals surface area (Å²) in [6.45, 7) is 8.74. The molecule has 0 saturated carbocycles. The predicted molar refractivity (Wildman–Crippen MR) is 96.0 cm³/mol. The molecule has 4 atom stereocenters. The zero-order valence-electron chi connectivity index (χ0n) is 15.4. The molecule has 2 rings (SSSR count). The van der Waals surface area contributed by atoms with Crippen LogP contribution >= 0.6 is 0 Å². The Morgan fingerprint density at radius 3 is 2.73 bits per heavy atom. The molecule has 1 fully saturated rings. The molecule has 0 amide bonds. The monoisotopic (exact) mass is 362 g/mol. The van der Waals surface area contributed by atoms with E-state index in [2.05, 4.69) is 6.58 Å². The van der Waals surface area contributed by atoms with Crippen LogP contribution < -0.4 is 0 Å². The Labute approximate surface area is 153 Å². The quantitative estimate of drug-likeness (QED) is 0.453. The van der Waals surface area contributed by atoms with Crippen molar-refractivity contribution in [2.24, 2.45) is 5.92 Å². The Kier molecular flexibility index (Phi) is 6.56. The molecule has 26 heavy (non-hydrogen) atoms. The first-order valence-corrected chi connectivity index (χ1v) is 8.66. The molecule has 142 valence electrons. The number of esters is 2. The van der Waals surface area contributed by atoms with Crippen molar-refractivity contribution in [3.63, 3.8) is 0 Å². The first-order chi connectivity index (χ1) is 12.3. The van der Waals surface area contributed by atoms with Gasteiger partial charge in [0.1, 0.15) is 12.2 Å². The van der Waals surface area contributed by atoms with Crippen molar-refractivity contribution >= 4 is 11.9 Å². The molecule has 0 aromatic rings. The molecule has 0 aromatic carbocycles. The van der Waals surface area contributed by atoms with Gasteiger partial charge in [0.15, 0.2) is 0 Å². The summed E-state index contributed by atoms with van der Waals surface area (Å²) in [6, 6.07) is 0. The number of hydrogen-bond donors (Lipinski definition) is 2. The van der Waals surface area contributed by atoms with E-state index in [0.29, 0.717) is 17.6 Å². The van der Waals surface area contributed by atoms with Gasteiger partial charge in [0, 0.05) is 17.6 Å². The number of carbonyl (C=O) groups excluding carboxylic acids is 2. The average molecular weight is 362 g/mol. The van der Waals surface area contributed by atoms with Crippen molar-refractivity contribution in [2.75, 3.05) is 6.61 Å². The first-order valence-electron chi connectivity index (χ1n) is 8.66. The van der Waals surface area contributed by atoms with Crippen molar-refractivity contribution in [3.05, 3.63) is 47.1 Å². The van der Waals surface area contributed by atoms with E-state index in [1.807, 2.05) is 6.92 Å². The second-order valence-electron chi connectivity index (χ2n) is 6.81. The minimum absolute atomic E-state index is 0.181. The van der Waals surface area contributed by atoms with Crippen LogP contribution in [0.1, 0.15) is 33.6 Å². The van der Waals surface area contributed by atoms with E-state index in [-0.39, 0.29) is 18.6 Å². The third-order valence-electron chi connectivity index (χ3n) is 4.75. The second kappa shape index (κ2) is 8.47. The summed E-state index contributed by atoms with van der Waals surface area (Å²) in [5, 5.41) is 19.8. The van der Waals surface area contributed by atoms with Gasteiger partial charge in [0.25, 0.3) is 0 Å². The van der Waals surface area contributed by atoms with Gasteiger partial charge in [-0.05, 0) is 38.8 Å². The van der Waals surface area contributed by atoms with Gasteiger partial charge in [-0.15, -0.1) is 0 Å².